The molecule has 2 aromatic rings. The number of halogens is 1. The Balaban J connectivity index is 2.69. The molecule has 0 amide bonds. The summed E-state index contributed by atoms with van der Waals surface area (Å²) in [6.07, 6.45) is 0. The van der Waals surface area contributed by atoms with E-state index >= 15 is 0 Å². The fraction of sp³-hybridized carbons (Fsp3) is 0.182. The predicted octanol–water partition coefficient (Wildman–Crippen LogP) is 2.94. The lowest BCUT2D eigenvalue weighted by molar-refractivity contribution is 0.415. The quantitative estimate of drug-likeness (QED) is 0.794. The van der Waals surface area contributed by atoms with Gasteiger partial charge in [-0.05, 0) is 29.7 Å². The van der Waals surface area contributed by atoms with E-state index in [4.69, 9.17) is 16.3 Å². The summed E-state index contributed by atoms with van der Waals surface area (Å²) in [6.45, 7) is 0. The van der Waals surface area contributed by atoms with Gasteiger partial charge < -0.3 is 10.1 Å². The van der Waals surface area contributed by atoms with E-state index < -0.39 is 0 Å². The van der Waals surface area contributed by atoms with Crippen LogP contribution in [0.5, 0.6) is 5.75 Å². The van der Waals surface area contributed by atoms with Gasteiger partial charge in [-0.3, -0.25) is 0 Å². The Kier molecular flexibility index (Phi) is 2.64. The van der Waals surface area contributed by atoms with Crippen LogP contribution in [0.15, 0.2) is 24.3 Å². The normalized spacial score (nSPS) is 10.3. The molecule has 0 aliphatic heterocycles. The minimum atomic E-state index is 0.500. The number of ether oxygens (including phenoxy) is 1. The van der Waals surface area contributed by atoms with Gasteiger partial charge >= 0.3 is 0 Å². The van der Waals surface area contributed by atoms with Crippen LogP contribution in [0, 0.1) is 0 Å². The number of hydrogen-bond donors (Lipinski definition) is 1. The first-order valence-corrected chi connectivity index (χ1v) is 4.94. The molecule has 1 heterocycles. The van der Waals surface area contributed by atoms with Crippen LogP contribution in [0.3, 0.4) is 0 Å². The van der Waals surface area contributed by atoms with Crippen molar-refractivity contribution in [3.8, 4) is 5.75 Å². The number of aromatic nitrogens is 1. The molecule has 0 aliphatic carbocycles. The molecule has 4 heteroatoms. The highest BCUT2D eigenvalue weighted by molar-refractivity contribution is 6.34. The van der Waals surface area contributed by atoms with Gasteiger partial charge in [0.1, 0.15) is 16.7 Å². The summed E-state index contributed by atoms with van der Waals surface area (Å²) in [7, 11) is 3.45. The average Bonchev–Trinajstić information content (AvgIpc) is 2.28. The first-order valence-electron chi connectivity index (χ1n) is 4.56. The lowest BCUT2D eigenvalue weighted by Gasteiger charge is -2.06. The number of anilines is 1. The molecular weight excluding hydrogens is 212 g/mol. The third kappa shape index (κ3) is 1.83. The highest BCUT2D eigenvalue weighted by atomic mass is 35.5. The van der Waals surface area contributed by atoms with Crippen molar-refractivity contribution in [2.45, 2.75) is 0 Å². The van der Waals surface area contributed by atoms with Crippen LogP contribution in [-0.2, 0) is 0 Å². The van der Waals surface area contributed by atoms with Gasteiger partial charge in [0, 0.05) is 12.4 Å². The minimum absolute atomic E-state index is 0.500. The van der Waals surface area contributed by atoms with E-state index in [1.54, 1.807) is 7.11 Å². The second-order valence-corrected chi connectivity index (χ2v) is 3.49. The number of pyridine rings is 1. The van der Waals surface area contributed by atoms with Gasteiger partial charge in [0.15, 0.2) is 0 Å². The third-order valence-electron chi connectivity index (χ3n) is 2.25. The van der Waals surface area contributed by atoms with Crippen LogP contribution in [0.2, 0.25) is 5.15 Å². The lowest BCUT2D eigenvalue weighted by Crippen LogP contribution is -1.93. The molecule has 0 bridgehead atoms. The lowest BCUT2D eigenvalue weighted by atomic mass is 10.1. The molecule has 0 unspecified atom stereocenters. The number of fused-ring (bicyclic) bond motifs is 1. The summed E-state index contributed by atoms with van der Waals surface area (Å²) in [4.78, 5) is 4.19. The second kappa shape index (κ2) is 3.95. The zero-order chi connectivity index (χ0) is 10.8. The summed E-state index contributed by atoms with van der Waals surface area (Å²) in [5.41, 5.74) is 0. The molecule has 0 radical (unpaired) electrons. The average molecular weight is 223 g/mol. The van der Waals surface area contributed by atoms with Crippen molar-refractivity contribution < 1.29 is 4.74 Å². The largest absolute Gasteiger partial charge is 0.497 e. The van der Waals surface area contributed by atoms with Crippen LogP contribution < -0.4 is 10.1 Å². The van der Waals surface area contributed by atoms with Crippen molar-refractivity contribution in [1.29, 1.82) is 0 Å². The van der Waals surface area contributed by atoms with Gasteiger partial charge in [0.25, 0.3) is 0 Å². The van der Waals surface area contributed by atoms with Crippen LogP contribution in [-0.4, -0.2) is 19.1 Å². The summed E-state index contributed by atoms with van der Waals surface area (Å²) >= 11 is 6.04. The number of nitrogens with one attached hydrogen (secondary N) is 1. The number of rotatable bonds is 2. The van der Waals surface area contributed by atoms with Crippen molar-refractivity contribution in [3.05, 3.63) is 29.4 Å². The van der Waals surface area contributed by atoms with Crippen LogP contribution in [0.4, 0.5) is 5.82 Å². The molecule has 1 aromatic heterocycles. The highest BCUT2D eigenvalue weighted by Gasteiger charge is 2.04. The molecule has 3 nitrogen and oxygen atoms in total. The SMILES string of the molecule is CNc1cc2cc(OC)ccc2c(Cl)n1. The summed E-state index contributed by atoms with van der Waals surface area (Å²) in [5, 5.41) is 5.40. The van der Waals surface area contributed by atoms with Crippen LogP contribution >= 0.6 is 11.6 Å². The van der Waals surface area contributed by atoms with E-state index in [1.165, 1.54) is 0 Å². The van der Waals surface area contributed by atoms with Gasteiger partial charge in [-0.1, -0.05) is 11.6 Å². The fourth-order valence-corrected chi connectivity index (χ4v) is 1.71. The molecule has 0 atom stereocenters. The first kappa shape index (κ1) is 10.1. The first-order chi connectivity index (χ1) is 7.24. The maximum Gasteiger partial charge on any atom is 0.139 e. The Hall–Kier alpha value is -1.48. The van der Waals surface area contributed by atoms with Crippen molar-refractivity contribution in [1.82, 2.24) is 4.98 Å². The molecule has 0 spiro atoms. The molecule has 15 heavy (non-hydrogen) atoms. The smallest absolute Gasteiger partial charge is 0.139 e. The molecule has 0 fully saturated rings. The van der Waals surface area contributed by atoms with E-state index in [-0.39, 0.29) is 0 Å². The maximum absolute atomic E-state index is 6.04. The maximum atomic E-state index is 6.04. The Labute approximate surface area is 93.0 Å². The van der Waals surface area contributed by atoms with Gasteiger partial charge in [-0.15, -0.1) is 0 Å². The highest BCUT2D eigenvalue weighted by Crippen LogP contribution is 2.27. The number of hydrogen-bond acceptors (Lipinski definition) is 3. The molecule has 0 saturated heterocycles. The predicted molar refractivity (Wildman–Crippen MR) is 62.9 cm³/mol. The number of methoxy groups -OCH3 is 1. The summed E-state index contributed by atoms with van der Waals surface area (Å²) < 4.78 is 5.15. The van der Waals surface area contributed by atoms with Crippen molar-refractivity contribution in [2.24, 2.45) is 0 Å². The van der Waals surface area contributed by atoms with Crippen molar-refractivity contribution in [2.75, 3.05) is 19.5 Å². The Morgan fingerprint density at radius 1 is 1.33 bits per heavy atom. The molecule has 1 N–H and O–H groups in total. The standard InChI is InChI=1S/C11H11ClN2O/c1-13-10-6-7-5-8(15-2)3-4-9(7)11(12)14-10/h3-6H,1-2H3,(H,13,14). The van der Waals surface area contributed by atoms with Gasteiger partial charge in [-0.2, -0.15) is 0 Å². The molecule has 1 aromatic carbocycles. The van der Waals surface area contributed by atoms with Gasteiger partial charge in [0.05, 0.1) is 7.11 Å². The molecule has 0 aliphatic rings. The molecular formula is C11H11ClN2O. The zero-order valence-electron chi connectivity index (χ0n) is 8.54. The fourth-order valence-electron chi connectivity index (χ4n) is 1.45. The second-order valence-electron chi connectivity index (χ2n) is 3.14. The van der Waals surface area contributed by atoms with E-state index in [0.29, 0.717) is 5.15 Å². The Morgan fingerprint density at radius 2 is 2.13 bits per heavy atom. The van der Waals surface area contributed by atoms with Crippen LogP contribution in [0.1, 0.15) is 0 Å². The summed E-state index contributed by atoms with van der Waals surface area (Å²) in [5.74, 6) is 1.56. The number of benzene rings is 1. The van der Waals surface area contributed by atoms with Crippen LogP contribution in [0.25, 0.3) is 10.8 Å². The summed E-state index contributed by atoms with van der Waals surface area (Å²) in [6, 6.07) is 7.64. The third-order valence-corrected chi connectivity index (χ3v) is 2.54. The molecule has 78 valence electrons. The molecule has 0 saturated carbocycles. The van der Waals surface area contributed by atoms with Gasteiger partial charge in [0.2, 0.25) is 0 Å². The van der Waals surface area contributed by atoms with E-state index in [9.17, 15) is 0 Å². The van der Waals surface area contributed by atoms with E-state index in [1.807, 2.05) is 31.3 Å². The minimum Gasteiger partial charge on any atom is -0.497 e. The van der Waals surface area contributed by atoms with E-state index in [2.05, 4.69) is 10.3 Å². The van der Waals surface area contributed by atoms with Gasteiger partial charge in [-0.25, -0.2) is 4.98 Å². The Bertz CT molecular complexity index is 494. The Morgan fingerprint density at radius 3 is 2.80 bits per heavy atom. The monoisotopic (exact) mass is 222 g/mol. The molecule has 2 rings (SSSR count). The topological polar surface area (TPSA) is 34.1 Å². The van der Waals surface area contributed by atoms with Crippen molar-refractivity contribution in [3.63, 3.8) is 0 Å². The zero-order valence-corrected chi connectivity index (χ0v) is 9.30. The number of nitrogens with zero attached hydrogens (tertiary/aromatic N) is 1. The van der Waals surface area contributed by atoms with E-state index in [0.717, 1.165) is 22.3 Å². The van der Waals surface area contributed by atoms with Crippen molar-refractivity contribution >= 4 is 28.2 Å².